The molecule has 0 saturated carbocycles. The van der Waals surface area contributed by atoms with Crippen LogP contribution in [0.5, 0.6) is 0 Å². The van der Waals surface area contributed by atoms with Gasteiger partial charge in [0.05, 0.1) is 0 Å². The summed E-state index contributed by atoms with van der Waals surface area (Å²) in [6.07, 6.45) is 3.81. The van der Waals surface area contributed by atoms with Gasteiger partial charge in [-0.25, -0.2) is 0 Å². The molecule has 1 aromatic rings. The van der Waals surface area contributed by atoms with Gasteiger partial charge in [-0.05, 0) is 42.7 Å². The lowest BCUT2D eigenvalue weighted by atomic mass is 9.82. The van der Waals surface area contributed by atoms with E-state index < -0.39 is 0 Å². The molecule has 0 radical (unpaired) electrons. The summed E-state index contributed by atoms with van der Waals surface area (Å²) in [5.74, 6) is 0.579. The van der Waals surface area contributed by atoms with Crippen molar-refractivity contribution >= 4 is 0 Å². The van der Waals surface area contributed by atoms with E-state index in [2.05, 4.69) is 56.0 Å². The second-order valence-electron chi connectivity index (χ2n) is 7.18. The highest BCUT2D eigenvalue weighted by Gasteiger charge is 2.30. The van der Waals surface area contributed by atoms with Gasteiger partial charge in [0.15, 0.2) is 0 Å². The lowest BCUT2D eigenvalue weighted by Gasteiger charge is -2.42. The van der Waals surface area contributed by atoms with Gasteiger partial charge in [0, 0.05) is 19.1 Å². The normalized spacial score (nSPS) is 22.4. The van der Waals surface area contributed by atoms with E-state index in [1.54, 1.807) is 0 Å². The van der Waals surface area contributed by atoms with Crippen LogP contribution in [0.2, 0.25) is 0 Å². The van der Waals surface area contributed by atoms with E-state index in [9.17, 15) is 0 Å². The predicted octanol–water partition coefficient (Wildman–Crippen LogP) is 3.63. The molecule has 2 atom stereocenters. The first kappa shape index (κ1) is 15.5. The number of hydrogen-bond donors (Lipinski definition) is 1. The molecule has 2 unspecified atom stereocenters. The first-order valence-electron chi connectivity index (χ1n) is 8.01. The maximum atomic E-state index is 6.08. The monoisotopic (exact) mass is 274 g/mol. The van der Waals surface area contributed by atoms with Crippen LogP contribution in [-0.4, -0.2) is 30.6 Å². The van der Waals surface area contributed by atoms with Gasteiger partial charge in [-0.2, -0.15) is 0 Å². The van der Waals surface area contributed by atoms with E-state index in [0.717, 1.165) is 13.0 Å². The van der Waals surface area contributed by atoms with Crippen LogP contribution in [0.15, 0.2) is 30.3 Å². The van der Waals surface area contributed by atoms with Crippen molar-refractivity contribution in [2.75, 3.05) is 19.6 Å². The smallest absolute Gasteiger partial charge is 0.0224 e. The number of likely N-dealkylation sites (tertiary alicyclic amines) is 1. The molecule has 2 heteroatoms. The molecule has 0 spiro atoms. The molecule has 1 fully saturated rings. The third-order valence-electron chi connectivity index (χ3n) is 4.71. The van der Waals surface area contributed by atoms with E-state index in [1.807, 2.05) is 0 Å². The number of benzene rings is 1. The van der Waals surface area contributed by atoms with Crippen LogP contribution in [0.4, 0.5) is 0 Å². The Labute approximate surface area is 124 Å². The first-order chi connectivity index (χ1) is 9.52. The molecule has 0 bridgehead atoms. The van der Waals surface area contributed by atoms with Gasteiger partial charge < -0.3 is 5.73 Å². The minimum atomic E-state index is 0.446. The minimum absolute atomic E-state index is 0.446. The quantitative estimate of drug-likeness (QED) is 0.888. The molecule has 1 heterocycles. The number of piperidine rings is 1. The van der Waals surface area contributed by atoms with Gasteiger partial charge in [0.25, 0.3) is 0 Å². The fourth-order valence-corrected chi connectivity index (χ4v) is 3.50. The Morgan fingerprint density at radius 3 is 2.55 bits per heavy atom. The van der Waals surface area contributed by atoms with Crippen LogP contribution in [0.3, 0.4) is 0 Å². The van der Waals surface area contributed by atoms with Crippen LogP contribution in [0.25, 0.3) is 0 Å². The molecule has 2 nitrogen and oxygen atoms in total. The van der Waals surface area contributed by atoms with Crippen molar-refractivity contribution in [2.45, 2.75) is 52.0 Å². The van der Waals surface area contributed by atoms with Crippen molar-refractivity contribution in [3.63, 3.8) is 0 Å². The third-order valence-corrected chi connectivity index (χ3v) is 4.71. The van der Waals surface area contributed by atoms with E-state index in [1.165, 1.54) is 31.5 Å². The largest absolute Gasteiger partial charge is 0.329 e. The third kappa shape index (κ3) is 4.07. The Morgan fingerprint density at radius 2 is 1.95 bits per heavy atom. The second-order valence-corrected chi connectivity index (χ2v) is 7.18. The van der Waals surface area contributed by atoms with Crippen molar-refractivity contribution < 1.29 is 0 Å². The zero-order chi connectivity index (χ0) is 14.6. The highest BCUT2D eigenvalue weighted by atomic mass is 15.2. The van der Waals surface area contributed by atoms with Crippen molar-refractivity contribution in [3.8, 4) is 0 Å². The molecule has 1 saturated heterocycles. The lowest BCUT2D eigenvalue weighted by molar-refractivity contribution is 0.0749. The van der Waals surface area contributed by atoms with Crippen LogP contribution >= 0.6 is 0 Å². The molecule has 0 amide bonds. The van der Waals surface area contributed by atoms with Gasteiger partial charge in [-0.3, -0.25) is 4.90 Å². The van der Waals surface area contributed by atoms with E-state index in [4.69, 9.17) is 5.73 Å². The average Bonchev–Trinajstić information content (AvgIpc) is 2.44. The number of nitrogens with two attached hydrogens (primary N) is 1. The molecule has 112 valence electrons. The predicted molar refractivity (Wildman–Crippen MR) is 86.9 cm³/mol. The van der Waals surface area contributed by atoms with Gasteiger partial charge >= 0.3 is 0 Å². The molecular weight excluding hydrogens is 244 g/mol. The van der Waals surface area contributed by atoms with E-state index in [-0.39, 0.29) is 0 Å². The highest BCUT2D eigenvalue weighted by molar-refractivity contribution is 5.19. The first-order valence-corrected chi connectivity index (χ1v) is 8.01. The van der Waals surface area contributed by atoms with Crippen molar-refractivity contribution in [1.82, 2.24) is 4.90 Å². The fraction of sp³-hybridized carbons (Fsp3) is 0.667. The number of hydrogen-bond acceptors (Lipinski definition) is 2. The molecule has 2 rings (SSSR count). The Balaban J connectivity index is 1.98. The van der Waals surface area contributed by atoms with Gasteiger partial charge in [-0.1, -0.05) is 51.1 Å². The summed E-state index contributed by atoms with van der Waals surface area (Å²) in [6.45, 7) is 10.3. The maximum absolute atomic E-state index is 6.08. The fourth-order valence-electron chi connectivity index (χ4n) is 3.50. The van der Waals surface area contributed by atoms with Crippen molar-refractivity contribution in [3.05, 3.63) is 35.9 Å². The lowest BCUT2D eigenvalue weighted by Crippen LogP contribution is -2.49. The molecule has 0 aromatic heterocycles. The van der Waals surface area contributed by atoms with E-state index >= 15 is 0 Å². The molecule has 1 aliphatic heterocycles. The van der Waals surface area contributed by atoms with Crippen molar-refractivity contribution in [1.29, 1.82) is 0 Å². The minimum Gasteiger partial charge on any atom is -0.329 e. The maximum Gasteiger partial charge on any atom is 0.0224 e. The summed E-state index contributed by atoms with van der Waals surface area (Å²) < 4.78 is 0. The summed E-state index contributed by atoms with van der Waals surface area (Å²) in [4.78, 5) is 2.63. The summed E-state index contributed by atoms with van der Waals surface area (Å²) in [6, 6.07) is 11.3. The molecular formula is C18H30N2. The van der Waals surface area contributed by atoms with Gasteiger partial charge in [-0.15, -0.1) is 0 Å². The molecule has 0 aliphatic carbocycles. The van der Waals surface area contributed by atoms with Crippen LogP contribution < -0.4 is 5.73 Å². The molecule has 2 N–H and O–H groups in total. The SMILES string of the molecule is CC(CC(CN)N1CCCC(C)(C)C1)c1ccccc1. The van der Waals surface area contributed by atoms with E-state index in [0.29, 0.717) is 17.4 Å². The standard InChI is InChI=1S/C18H30N2/c1-15(16-8-5-4-6-9-16)12-17(13-19)20-11-7-10-18(2,3)14-20/h4-6,8-9,15,17H,7,10-14,19H2,1-3H3. The van der Waals surface area contributed by atoms with Crippen LogP contribution in [0, 0.1) is 5.41 Å². The Hall–Kier alpha value is -0.860. The molecule has 20 heavy (non-hydrogen) atoms. The Morgan fingerprint density at radius 1 is 1.25 bits per heavy atom. The summed E-state index contributed by atoms with van der Waals surface area (Å²) in [7, 11) is 0. The summed E-state index contributed by atoms with van der Waals surface area (Å²) >= 11 is 0. The second kappa shape index (κ2) is 6.73. The zero-order valence-corrected chi connectivity index (χ0v) is 13.3. The van der Waals surface area contributed by atoms with Crippen LogP contribution in [0.1, 0.15) is 51.5 Å². The summed E-state index contributed by atoms with van der Waals surface area (Å²) in [5, 5.41) is 0. The van der Waals surface area contributed by atoms with Crippen LogP contribution in [-0.2, 0) is 0 Å². The van der Waals surface area contributed by atoms with Crippen molar-refractivity contribution in [2.24, 2.45) is 11.1 Å². The Bertz CT molecular complexity index is 399. The molecule has 1 aliphatic rings. The molecule has 1 aromatic carbocycles. The number of nitrogens with zero attached hydrogens (tertiary/aromatic N) is 1. The average molecular weight is 274 g/mol. The topological polar surface area (TPSA) is 29.3 Å². The number of rotatable bonds is 5. The Kier molecular flexibility index (Phi) is 5.22. The zero-order valence-electron chi connectivity index (χ0n) is 13.3. The van der Waals surface area contributed by atoms with Gasteiger partial charge in [0.1, 0.15) is 0 Å². The summed E-state index contributed by atoms with van der Waals surface area (Å²) in [5.41, 5.74) is 7.96. The van der Waals surface area contributed by atoms with Gasteiger partial charge in [0.2, 0.25) is 0 Å². The highest BCUT2D eigenvalue weighted by Crippen LogP contribution is 2.31.